The average molecular weight is 601 g/mol. The van der Waals surface area contributed by atoms with Gasteiger partial charge < -0.3 is 21.5 Å². The van der Waals surface area contributed by atoms with Crippen molar-refractivity contribution in [2.24, 2.45) is 5.92 Å². The fourth-order valence-electron chi connectivity index (χ4n) is 4.84. The van der Waals surface area contributed by atoms with Crippen LogP contribution in [0.4, 0.5) is 10.1 Å². The molecule has 0 aliphatic heterocycles. The van der Waals surface area contributed by atoms with Crippen LogP contribution in [0.15, 0.2) is 65.6 Å². The maximum absolute atomic E-state index is 13.7. The van der Waals surface area contributed by atoms with E-state index >= 15 is 0 Å². The Morgan fingerprint density at radius 1 is 1.02 bits per heavy atom. The quantitative estimate of drug-likeness (QED) is 0.155. The Labute approximate surface area is 247 Å². The lowest BCUT2D eigenvalue weighted by Crippen LogP contribution is -2.47. The van der Waals surface area contributed by atoms with Crippen molar-refractivity contribution in [3.05, 3.63) is 72.0 Å². The van der Waals surface area contributed by atoms with E-state index in [2.05, 4.69) is 10.6 Å². The molecule has 5 N–H and O–H groups in total. The second-order valence-electron chi connectivity index (χ2n) is 10.9. The first-order chi connectivity index (χ1) is 19.9. The number of fused-ring (bicyclic) bond motifs is 1. The number of sulfonamides is 1. The molecule has 0 aliphatic carbocycles. The molecule has 0 spiro atoms. The van der Waals surface area contributed by atoms with Gasteiger partial charge in [-0.3, -0.25) is 9.59 Å². The van der Waals surface area contributed by atoms with E-state index in [4.69, 9.17) is 5.73 Å². The number of carbonyl (C=O) groups excluding carboxylic acids is 2. The Morgan fingerprint density at radius 2 is 1.74 bits per heavy atom. The number of nitrogens with two attached hydrogens (primary N) is 1. The number of amides is 2. The molecule has 228 valence electrons. The first-order valence-electron chi connectivity index (χ1n) is 14.1. The minimum Gasteiger partial charge on any atom is -0.396 e. The van der Waals surface area contributed by atoms with Gasteiger partial charge in [0.1, 0.15) is 11.9 Å². The monoisotopic (exact) mass is 600 g/mol. The number of halogens is 1. The van der Waals surface area contributed by atoms with Gasteiger partial charge in [0.2, 0.25) is 21.8 Å². The lowest BCUT2D eigenvalue weighted by molar-refractivity contribution is -0.128. The molecule has 0 saturated heterocycles. The van der Waals surface area contributed by atoms with Gasteiger partial charge in [-0.2, -0.15) is 4.31 Å². The van der Waals surface area contributed by atoms with Crippen molar-refractivity contribution in [1.82, 2.24) is 14.9 Å². The first kappa shape index (κ1) is 33.0. The summed E-state index contributed by atoms with van der Waals surface area (Å²) >= 11 is 0. The summed E-state index contributed by atoms with van der Waals surface area (Å²) in [5.41, 5.74) is 6.26. The predicted molar refractivity (Wildman–Crippen MR) is 163 cm³/mol. The van der Waals surface area contributed by atoms with E-state index in [0.717, 1.165) is 28.5 Å². The molecule has 9 nitrogen and oxygen atoms in total. The number of nitrogens with one attached hydrogen (secondary N) is 2. The fraction of sp³-hybridized carbons (Fsp3) is 0.419. The van der Waals surface area contributed by atoms with Crippen molar-refractivity contribution in [3.8, 4) is 0 Å². The lowest BCUT2D eigenvalue weighted by Gasteiger charge is -2.31. The fourth-order valence-corrected chi connectivity index (χ4v) is 6.69. The van der Waals surface area contributed by atoms with E-state index in [1.54, 1.807) is 0 Å². The number of hydrogen-bond acceptors (Lipinski definition) is 6. The van der Waals surface area contributed by atoms with Gasteiger partial charge in [-0.1, -0.05) is 62.7 Å². The van der Waals surface area contributed by atoms with E-state index in [1.165, 1.54) is 17.3 Å². The standard InChI is InChI=1S/C31H41FN4O5S/c1-21(2)19-36(42(40,41)27-13-14-28(32)29(33)18-27)26(20-37)10-6-7-15-34-31(39)30(35-22(3)38)17-23-11-12-24-8-4-5-9-25(24)16-23/h4-5,8-9,11-14,16,18,21,26,30,37H,6-7,10,15,17,19-20,33H2,1-3H3,(H,34,39)(H,35,38). The second-order valence-corrected chi connectivity index (χ2v) is 12.8. The third-order valence-corrected chi connectivity index (χ3v) is 8.86. The van der Waals surface area contributed by atoms with Gasteiger partial charge in [0, 0.05) is 32.5 Å². The number of nitrogens with zero attached hydrogens (tertiary/aromatic N) is 1. The smallest absolute Gasteiger partial charge is 0.243 e. The van der Waals surface area contributed by atoms with Crippen LogP contribution in [0.3, 0.4) is 0 Å². The van der Waals surface area contributed by atoms with Crippen LogP contribution in [0.25, 0.3) is 10.8 Å². The number of aliphatic hydroxyl groups excluding tert-OH is 1. The summed E-state index contributed by atoms with van der Waals surface area (Å²) in [5, 5.41) is 17.9. The van der Waals surface area contributed by atoms with Gasteiger partial charge >= 0.3 is 0 Å². The molecule has 0 radical (unpaired) electrons. The Bertz CT molecular complexity index is 1480. The predicted octanol–water partition coefficient (Wildman–Crippen LogP) is 3.60. The van der Waals surface area contributed by atoms with Crippen LogP contribution < -0.4 is 16.4 Å². The zero-order chi connectivity index (χ0) is 30.9. The first-order valence-corrected chi connectivity index (χ1v) is 15.6. The molecule has 11 heteroatoms. The Morgan fingerprint density at radius 3 is 2.38 bits per heavy atom. The zero-order valence-corrected chi connectivity index (χ0v) is 25.2. The van der Waals surface area contributed by atoms with Crippen molar-refractivity contribution in [1.29, 1.82) is 0 Å². The topological polar surface area (TPSA) is 142 Å². The van der Waals surface area contributed by atoms with Gasteiger partial charge in [0.25, 0.3) is 0 Å². The third-order valence-electron chi connectivity index (χ3n) is 6.95. The van der Waals surface area contributed by atoms with E-state index in [0.29, 0.717) is 32.2 Å². The normalized spacial score (nSPS) is 13.3. The summed E-state index contributed by atoms with van der Waals surface area (Å²) in [4.78, 5) is 24.7. The molecule has 42 heavy (non-hydrogen) atoms. The number of rotatable bonds is 15. The van der Waals surface area contributed by atoms with Crippen molar-refractivity contribution in [2.75, 3.05) is 25.4 Å². The van der Waals surface area contributed by atoms with Crippen LogP contribution in [-0.4, -0.2) is 61.4 Å². The average Bonchev–Trinajstić information content (AvgIpc) is 2.94. The summed E-state index contributed by atoms with van der Waals surface area (Å²) in [5.74, 6) is -1.35. The molecule has 2 amide bonds. The largest absolute Gasteiger partial charge is 0.396 e. The molecule has 3 aromatic carbocycles. The molecule has 3 aromatic rings. The van der Waals surface area contributed by atoms with Gasteiger partial charge in [0.15, 0.2) is 0 Å². The summed E-state index contributed by atoms with van der Waals surface area (Å²) in [6, 6.07) is 15.7. The maximum atomic E-state index is 13.7. The Hall–Kier alpha value is -3.54. The second kappa shape index (κ2) is 15.1. The third kappa shape index (κ3) is 8.98. The molecule has 0 bridgehead atoms. The van der Waals surface area contributed by atoms with Crippen LogP contribution in [0.1, 0.15) is 45.6 Å². The Balaban J connectivity index is 1.60. The molecule has 2 atom stereocenters. The zero-order valence-electron chi connectivity index (χ0n) is 24.3. The molecule has 0 saturated carbocycles. The summed E-state index contributed by atoms with van der Waals surface area (Å²) in [6.07, 6.45) is 1.74. The Kier molecular flexibility index (Phi) is 11.8. The van der Waals surface area contributed by atoms with E-state index in [-0.39, 0.29) is 34.9 Å². The minimum atomic E-state index is -4.05. The number of nitrogen functional groups attached to an aromatic ring is 1. The van der Waals surface area contributed by atoms with Crippen LogP contribution in [-0.2, 0) is 26.0 Å². The van der Waals surface area contributed by atoms with Gasteiger partial charge in [-0.15, -0.1) is 0 Å². The molecule has 0 heterocycles. The minimum absolute atomic E-state index is 0.0285. The highest BCUT2D eigenvalue weighted by Gasteiger charge is 2.32. The number of carbonyl (C=O) groups is 2. The molecule has 0 aliphatic rings. The number of unbranched alkanes of at least 4 members (excludes halogenated alkanes) is 1. The van der Waals surface area contributed by atoms with E-state index < -0.39 is 34.5 Å². The number of hydrogen-bond donors (Lipinski definition) is 4. The SMILES string of the molecule is CC(=O)NC(Cc1ccc2ccccc2c1)C(=O)NCCCCC(CO)N(CC(C)C)S(=O)(=O)c1ccc(F)c(N)c1. The van der Waals surface area contributed by atoms with Crippen LogP contribution in [0, 0.1) is 11.7 Å². The van der Waals surface area contributed by atoms with Crippen molar-refractivity contribution >= 4 is 38.3 Å². The number of benzene rings is 3. The van der Waals surface area contributed by atoms with Gasteiger partial charge in [0.05, 0.1) is 17.2 Å². The van der Waals surface area contributed by atoms with Crippen molar-refractivity contribution < 1.29 is 27.5 Å². The van der Waals surface area contributed by atoms with E-state index in [1.807, 2.05) is 56.3 Å². The summed E-state index contributed by atoms with van der Waals surface area (Å²) in [6.45, 7) is 5.19. The molecule has 3 rings (SSSR count). The van der Waals surface area contributed by atoms with Crippen molar-refractivity contribution in [2.45, 2.75) is 63.4 Å². The lowest BCUT2D eigenvalue weighted by atomic mass is 10.0. The number of anilines is 1. The summed E-state index contributed by atoms with van der Waals surface area (Å²) in [7, 11) is -4.05. The molecular formula is C31H41FN4O5S. The van der Waals surface area contributed by atoms with Crippen LogP contribution in [0.2, 0.25) is 0 Å². The highest BCUT2D eigenvalue weighted by molar-refractivity contribution is 7.89. The summed E-state index contributed by atoms with van der Waals surface area (Å²) < 4.78 is 41.8. The van der Waals surface area contributed by atoms with Gasteiger partial charge in [-0.25, -0.2) is 12.8 Å². The van der Waals surface area contributed by atoms with Gasteiger partial charge in [-0.05, 0) is 53.3 Å². The maximum Gasteiger partial charge on any atom is 0.243 e. The van der Waals surface area contributed by atoms with Crippen LogP contribution >= 0.6 is 0 Å². The molecule has 2 unspecified atom stereocenters. The highest BCUT2D eigenvalue weighted by Crippen LogP contribution is 2.25. The van der Waals surface area contributed by atoms with Crippen LogP contribution in [0.5, 0.6) is 0 Å². The molecular weight excluding hydrogens is 559 g/mol. The molecule has 0 aromatic heterocycles. The van der Waals surface area contributed by atoms with E-state index in [9.17, 15) is 27.5 Å². The van der Waals surface area contributed by atoms with Crippen molar-refractivity contribution in [3.63, 3.8) is 0 Å². The number of aliphatic hydroxyl groups is 1. The highest BCUT2D eigenvalue weighted by atomic mass is 32.2. The molecule has 0 fully saturated rings.